The van der Waals surface area contributed by atoms with E-state index in [1.165, 1.54) is 0 Å². The molecular formula is C19H28N4O3. The van der Waals surface area contributed by atoms with Crippen LogP contribution in [0.15, 0.2) is 30.3 Å². The number of nitrogens with zero attached hydrogens (tertiary/aromatic N) is 3. The minimum Gasteiger partial charge on any atom is -0.396 e. The van der Waals surface area contributed by atoms with Gasteiger partial charge in [-0.3, -0.25) is 9.59 Å². The molecule has 0 aromatic heterocycles. The molecule has 26 heavy (non-hydrogen) atoms. The maximum Gasteiger partial charge on any atom is 0.313 e. The van der Waals surface area contributed by atoms with Crippen LogP contribution in [0, 0.1) is 11.8 Å². The summed E-state index contributed by atoms with van der Waals surface area (Å²) in [5.74, 6) is -0.902. The first-order chi connectivity index (χ1) is 12.6. The summed E-state index contributed by atoms with van der Waals surface area (Å²) >= 11 is 0. The lowest BCUT2D eigenvalue weighted by molar-refractivity contribution is -0.142. The fourth-order valence-corrected chi connectivity index (χ4v) is 3.73. The van der Waals surface area contributed by atoms with Gasteiger partial charge in [-0.25, -0.2) is 0 Å². The topological polar surface area (TPSA) is 76.1 Å². The summed E-state index contributed by atoms with van der Waals surface area (Å²) in [6.07, 6.45) is 0. The molecule has 2 amide bonds. The van der Waals surface area contributed by atoms with Crippen molar-refractivity contribution in [2.24, 2.45) is 11.8 Å². The van der Waals surface area contributed by atoms with Crippen LogP contribution in [0.3, 0.4) is 0 Å². The Morgan fingerprint density at radius 3 is 2.38 bits per heavy atom. The van der Waals surface area contributed by atoms with E-state index >= 15 is 0 Å². The Labute approximate surface area is 154 Å². The molecule has 2 N–H and O–H groups in total. The molecule has 7 heteroatoms. The van der Waals surface area contributed by atoms with Crippen LogP contribution < -0.4 is 5.32 Å². The van der Waals surface area contributed by atoms with E-state index in [4.69, 9.17) is 0 Å². The highest BCUT2D eigenvalue weighted by molar-refractivity contribution is 6.39. The van der Waals surface area contributed by atoms with Gasteiger partial charge >= 0.3 is 11.8 Å². The van der Waals surface area contributed by atoms with Crippen LogP contribution in [-0.4, -0.2) is 91.1 Å². The van der Waals surface area contributed by atoms with Crippen LogP contribution in [0.1, 0.15) is 0 Å². The highest BCUT2D eigenvalue weighted by atomic mass is 16.3. The molecule has 0 spiro atoms. The monoisotopic (exact) mass is 360 g/mol. The number of piperazine rings is 1. The molecule has 0 unspecified atom stereocenters. The molecule has 2 fully saturated rings. The largest absolute Gasteiger partial charge is 0.396 e. The first kappa shape index (κ1) is 18.8. The van der Waals surface area contributed by atoms with Crippen molar-refractivity contribution in [2.45, 2.75) is 0 Å². The summed E-state index contributed by atoms with van der Waals surface area (Å²) in [5.41, 5.74) is 0.609. The number of rotatable bonds is 4. The number of hydrogen-bond donors (Lipinski definition) is 2. The molecule has 2 atom stereocenters. The van der Waals surface area contributed by atoms with Gasteiger partial charge < -0.3 is 25.1 Å². The van der Waals surface area contributed by atoms with Gasteiger partial charge in [-0.15, -0.1) is 0 Å². The first-order valence-electron chi connectivity index (χ1n) is 9.24. The average molecular weight is 360 g/mol. The number of nitrogens with one attached hydrogen (secondary N) is 1. The van der Waals surface area contributed by atoms with E-state index in [0.29, 0.717) is 18.8 Å². The van der Waals surface area contributed by atoms with Crippen LogP contribution >= 0.6 is 0 Å². The highest BCUT2D eigenvalue weighted by Gasteiger charge is 2.38. The molecule has 1 aromatic rings. The fourth-order valence-electron chi connectivity index (χ4n) is 3.73. The predicted molar refractivity (Wildman–Crippen MR) is 99.7 cm³/mol. The normalized spacial score (nSPS) is 24.6. The number of anilines is 1. The molecular weight excluding hydrogens is 332 g/mol. The minimum absolute atomic E-state index is 0.0307. The van der Waals surface area contributed by atoms with Gasteiger partial charge in [0.15, 0.2) is 0 Å². The van der Waals surface area contributed by atoms with E-state index in [0.717, 1.165) is 32.7 Å². The van der Waals surface area contributed by atoms with Crippen molar-refractivity contribution in [3.8, 4) is 0 Å². The number of benzene rings is 1. The number of carbonyl (C=O) groups is 2. The van der Waals surface area contributed by atoms with Crippen LogP contribution in [0.2, 0.25) is 0 Å². The number of hydrogen-bond acceptors (Lipinski definition) is 5. The Bertz CT molecular complexity index is 616. The van der Waals surface area contributed by atoms with Gasteiger partial charge in [0, 0.05) is 64.0 Å². The number of likely N-dealkylation sites (N-methyl/N-ethyl adjacent to an activating group) is 1. The van der Waals surface area contributed by atoms with Crippen molar-refractivity contribution in [2.75, 3.05) is 64.8 Å². The van der Waals surface area contributed by atoms with E-state index in [2.05, 4.69) is 22.2 Å². The standard InChI is InChI=1S/C19H28N4O3/c1-21-7-9-22(10-8-21)11-15-12-23(13-16(15)14-24)19(26)18(25)20-17-5-3-2-4-6-17/h2-6,15-16,24H,7-14H2,1H3,(H,20,25)/t15-,16-/m1/s1. The molecule has 2 aliphatic rings. The summed E-state index contributed by atoms with van der Waals surface area (Å²) in [6, 6.07) is 8.98. The van der Waals surface area contributed by atoms with Gasteiger partial charge in [-0.2, -0.15) is 0 Å². The predicted octanol–water partition coefficient (Wildman–Crippen LogP) is -0.0606. The van der Waals surface area contributed by atoms with Crippen LogP contribution in [0.25, 0.3) is 0 Å². The third kappa shape index (κ3) is 4.60. The molecule has 0 saturated carbocycles. The smallest absolute Gasteiger partial charge is 0.313 e. The van der Waals surface area contributed by atoms with Gasteiger partial charge in [-0.1, -0.05) is 18.2 Å². The Balaban J connectivity index is 1.55. The van der Waals surface area contributed by atoms with Gasteiger partial charge in [0.2, 0.25) is 0 Å². The summed E-state index contributed by atoms with van der Waals surface area (Å²) in [5, 5.41) is 12.4. The molecule has 142 valence electrons. The highest BCUT2D eigenvalue weighted by Crippen LogP contribution is 2.25. The van der Waals surface area contributed by atoms with Crippen LogP contribution in [0.4, 0.5) is 5.69 Å². The lowest BCUT2D eigenvalue weighted by Gasteiger charge is -2.34. The van der Waals surface area contributed by atoms with E-state index in [-0.39, 0.29) is 18.4 Å². The molecule has 2 saturated heterocycles. The number of amides is 2. The molecule has 2 aliphatic heterocycles. The van der Waals surface area contributed by atoms with Crippen LogP contribution in [-0.2, 0) is 9.59 Å². The second-order valence-electron chi connectivity index (χ2n) is 7.34. The summed E-state index contributed by atoms with van der Waals surface area (Å²) in [6.45, 7) is 5.97. The zero-order valence-electron chi connectivity index (χ0n) is 15.3. The van der Waals surface area contributed by atoms with Crippen LogP contribution in [0.5, 0.6) is 0 Å². The maximum absolute atomic E-state index is 12.5. The molecule has 0 aliphatic carbocycles. The zero-order chi connectivity index (χ0) is 18.5. The van der Waals surface area contributed by atoms with Crippen molar-refractivity contribution in [1.29, 1.82) is 0 Å². The second-order valence-corrected chi connectivity index (χ2v) is 7.34. The minimum atomic E-state index is -0.617. The zero-order valence-corrected chi connectivity index (χ0v) is 15.3. The van der Waals surface area contributed by atoms with E-state index in [1.807, 2.05) is 18.2 Å². The lowest BCUT2D eigenvalue weighted by Crippen LogP contribution is -2.47. The van der Waals surface area contributed by atoms with Gasteiger partial charge in [0.25, 0.3) is 0 Å². The molecule has 3 rings (SSSR count). The molecule has 7 nitrogen and oxygen atoms in total. The van der Waals surface area contributed by atoms with Crippen molar-refractivity contribution in [3.05, 3.63) is 30.3 Å². The van der Waals surface area contributed by atoms with E-state index in [9.17, 15) is 14.7 Å². The van der Waals surface area contributed by atoms with Crippen molar-refractivity contribution >= 4 is 17.5 Å². The summed E-state index contributed by atoms with van der Waals surface area (Å²) in [4.78, 5) is 31.0. The Kier molecular flexibility index (Phi) is 6.24. The SMILES string of the molecule is CN1CCN(C[C@@H]2CN(C(=O)C(=O)Nc3ccccc3)C[C@@H]2CO)CC1. The third-order valence-corrected chi connectivity index (χ3v) is 5.41. The third-order valence-electron chi connectivity index (χ3n) is 5.41. The number of carbonyl (C=O) groups excluding carboxylic acids is 2. The van der Waals surface area contributed by atoms with Gasteiger partial charge in [0.05, 0.1) is 0 Å². The van der Waals surface area contributed by atoms with Crippen molar-refractivity contribution < 1.29 is 14.7 Å². The van der Waals surface area contributed by atoms with Crippen molar-refractivity contribution in [1.82, 2.24) is 14.7 Å². The summed E-state index contributed by atoms with van der Waals surface area (Å²) < 4.78 is 0. The molecule has 1 aromatic carbocycles. The number of para-hydroxylation sites is 1. The number of likely N-dealkylation sites (tertiary alicyclic amines) is 1. The number of aliphatic hydroxyl groups is 1. The van der Waals surface area contributed by atoms with E-state index < -0.39 is 11.8 Å². The summed E-state index contributed by atoms with van der Waals surface area (Å²) in [7, 11) is 2.12. The number of aliphatic hydroxyl groups excluding tert-OH is 1. The maximum atomic E-state index is 12.5. The van der Waals surface area contributed by atoms with E-state index in [1.54, 1.807) is 17.0 Å². The van der Waals surface area contributed by atoms with Gasteiger partial charge in [-0.05, 0) is 25.1 Å². The fraction of sp³-hybridized carbons (Fsp3) is 0.579. The quantitative estimate of drug-likeness (QED) is 0.736. The Hall–Kier alpha value is -1.96. The second kappa shape index (κ2) is 8.62. The average Bonchev–Trinajstić information content (AvgIpc) is 3.06. The first-order valence-corrected chi connectivity index (χ1v) is 9.24. The van der Waals surface area contributed by atoms with Crippen molar-refractivity contribution in [3.63, 3.8) is 0 Å². The molecule has 0 bridgehead atoms. The molecule has 2 heterocycles. The Morgan fingerprint density at radius 2 is 1.73 bits per heavy atom. The molecule has 0 radical (unpaired) electrons. The Morgan fingerprint density at radius 1 is 1.08 bits per heavy atom. The van der Waals surface area contributed by atoms with Gasteiger partial charge in [0.1, 0.15) is 0 Å². The lowest BCUT2D eigenvalue weighted by atomic mass is 9.96.